The van der Waals surface area contributed by atoms with Crippen LogP contribution in [0.4, 0.5) is 0 Å². The number of aliphatic hydroxyl groups excluding tert-OH is 1. The predicted octanol–water partition coefficient (Wildman–Crippen LogP) is 2.71. The first-order valence-corrected chi connectivity index (χ1v) is 5.92. The zero-order valence-electron chi connectivity index (χ0n) is 10.7. The van der Waals surface area contributed by atoms with Crippen LogP contribution < -0.4 is 5.73 Å². The third-order valence-corrected chi connectivity index (χ3v) is 2.90. The molecule has 0 aliphatic heterocycles. The summed E-state index contributed by atoms with van der Waals surface area (Å²) in [5.74, 6) is 0.509. The molecule has 0 spiro atoms. The number of hydrogen-bond donors (Lipinski definition) is 2. The molecule has 2 nitrogen and oxygen atoms in total. The second-order valence-corrected chi connectivity index (χ2v) is 5.10. The van der Waals surface area contributed by atoms with Gasteiger partial charge in [-0.25, -0.2) is 0 Å². The van der Waals surface area contributed by atoms with Gasteiger partial charge in [-0.3, -0.25) is 0 Å². The van der Waals surface area contributed by atoms with Crippen molar-refractivity contribution in [1.29, 1.82) is 0 Å². The Kier molecular flexibility index (Phi) is 4.51. The van der Waals surface area contributed by atoms with Crippen molar-refractivity contribution in [2.75, 3.05) is 0 Å². The fourth-order valence-electron chi connectivity index (χ4n) is 1.98. The number of nitrogens with two attached hydrogens (primary N) is 1. The number of hydrogen-bond acceptors (Lipinski definition) is 2. The van der Waals surface area contributed by atoms with E-state index in [1.165, 1.54) is 0 Å². The smallest absolute Gasteiger partial charge is 0.0943 e. The maximum Gasteiger partial charge on any atom is 0.0943 e. The molecule has 0 amide bonds. The second-order valence-electron chi connectivity index (χ2n) is 5.10. The van der Waals surface area contributed by atoms with Crippen molar-refractivity contribution >= 4 is 0 Å². The van der Waals surface area contributed by atoms with Crippen molar-refractivity contribution < 1.29 is 5.11 Å². The van der Waals surface area contributed by atoms with Gasteiger partial charge in [-0.05, 0) is 37.3 Å². The summed E-state index contributed by atoms with van der Waals surface area (Å²) < 4.78 is 0. The zero-order chi connectivity index (χ0) is 12.3. The van der Waals surface area contributed by atoms with E-state index in [0.29, 0.717) is 5.92 Å². The highest BCUT2D eigenvalue weighted by Crippen LogP contribution is 2.24. The van der Waals surface area contributed by atoms with Gasteiger partial charge in [-0.2, -0.15) is 0 Å². The lowest BCUT2D eigenvalue weighted by molar-refractivity contribution is 0.135. The van der Waals surface area contributed by atoms with Crippen molar-refractivity contribution in [3.05, 3.63) is 34.9 Å². The van der Waals surface area contributed by atoms with Gasteiger partial charge in [-0.15, -0.1) is 0 Å². The van der Waals surface area contributed by atoms with Crippen LogP contribution in [0.2, 0.25) is 0 Å². The molecular weight excluding hydrogens is 198 g/mol. The van der Waals surface area contributed by atoms with Crippen molar-refractivity contribution in [2.24, 2.45) is 11.7 Å². The summed E-state index contributed by atoms with van der Waals surface area (Å²) in [4.78, 5) is 0. The van der Waals surface area contributed by atoms with Gasteiger partial charge in [0.05, 0.1) is 6.10 Å². The quantitative estimate of drug-likeness (QED) is 0.821. The van der Waals surface area contributed by atoms with E-state index in [4.69, 9.17) is 5.73 Å². The van der Waals surface area contributed by atoms with E-state index in [1.807, 2.05) is 26.0 Å². The first kappa shape index (κ1) is 13.2. The fourth-order valence-corrected chi connectivity index (χ4v) is 1.98. The molecule has 1 rings (SSSR count). The molecule has 0 radical (unpaired) electrons. The molecule has 0 aliphatic rings. The van der Waals surface area contributed by atoms with Crippen molar-refractivity contribution in [1.82, 2.24) is 0 Å². The Bertz CT molecular complexity index is 347. The molecule has 0 fully saturated rings. The van der Waals surface area contributed by atoms with Gasteiger partial charge in [0, 0.05) is 6.04 Å². The lowest BCUT2D eigenvalue weighted by Crippen LogP contribution is -2.30. The average Bonchev–Trinajstić information content (AvgIpc) is 2.19. The van der Waals surface area contributed by atoms with Gasteiger partial charge in [0.25, 0.3) is 0 Å². The standard InChI is InChI=1S/C14H23NO/c1-9(2)7-13(15)14(16)12-8-10(3)5-6-11(12)4/h5-6,8-9,13-14,16H,7,15H2,1-4H3. The first-order chi connectivity index (χ1) is 7.41. The summed E-state index contributed by atoms with van der Waals surface area (Å²) in [6.07, 6.45) is 0.288. The van der Waals surface area contributed by atoms with E-state index in [2.05, 4.69) is 19.9 Å². The van der Waals surface area contributed by atoms with Gasteiger partial charge < -0.3 is 10.8 Å². The van der Waals surface area contributed by atoms with Gasteiger partial charge in [0.2, 0.25) is 0 Å². The lowest BCUT2D eigenvalue weighted by atomic mass is 9.92. The highest BCUT2D eigenvalue weighted by molar-refractivity contribution is 5.32. The highest BCUT2D eigenvalue weighted by atomic mass is 16.3. The third-order valence-electron chi connectivity index (χ3n) is 2.90. The molecule has 2 heteroatoms. The Labute approximate surface area is 98.5 Å². The van der Waals surface area contributed by atoms with Crippen LogP contribution >= 0.6 is 0 Å². The molecule has 0 heterocycles. The van der Waals surface area contributed by atoms with Crippen LogP contribution in [0.15, 0.2) is 18.2 Å². The van der Waals surface area contributed by atoms with Gasteiger partial charge in [0.15, 0.2) is 0 Å². The fraction of sp³-hybridized carbons (Fsp3) is 0.571. The third kappa shape index (κ3) is 3.32. The summed E-state index contributed by atoms with van der Waals surface area (Å²) in [5, 5.41) is 10.2. The van der Waals surface area contributed by atoms with Crippen LogP contribution in [0, 0.1) is 19.8 Å². The van der Waals surface area contributed by atoms with Crippen LogP contribution in [0.1, 0.15) is 43.1 Å². The lowest BCUT2D eigenvalue weighted by Gasteiger charge is -2.22. The summed E-state index contributed by atoms with van der Waals surface area (Å²) in [6, 6.07) is 5.94. The van der Waals surface area contributed by atoms with Gasteiger partial charge in [-0.1, -0.05) is 37.6 Å². The SMILES string of the molecule is Cc1ccc(C)c(C(O)C(N)CC(C)C)c1. The van der Waals surface area contributed by atoms with Crippen molar-refractivity contribution in [3.8, 4) is 0 Å². The van der Waals surface area contributed by atoms with Crippen LogP contribution in [0.25, 0.3) is 0 Å². The molecule has 2 unspecified atom stereocenters. The minimum atomic E-state index is -0.553. The summed E-state index contributed by atoms with van der Waals surface area (Å²) in [5.41, 5.74) is 9.26. The number of rotatable bonds is 4. The first-order valence-electron chi connectivity index (χ1n) is 5.92. The normalized spacial score (nSPS) is 15.2. The Morgan fingerprint density at radius 2 is 1.88 bits per heavy atom. The monoisotopic (exact) mass is 221 g/mol. The Morgan fingerprint density at radius 3 is 2.44 bits per heavy atom. The van der Waals surface area contributed by atoms with E-state index in [-0.39, 0.29) is 6.04 Å². The van der Waals surface area contributed by atoms with Crippen molar-refractivity contribution in [2.45, 2.75) is 46.3 Å². The molecule has 2 atom stereocenters. The van der Waals surface area contributed by atoms with E-state index in [1.54, 1.807) is 0 Å². The molecule has 0 aromatic heterocycles. The molecule has 3 N–H and O–H groups in total. The van der Waals surface area contributed by atoms with Gasteiger partial charge in [0.1, 0.15) is 0 Å². The van der Waals surface area contributed by atoms with E-state index in [9.17, 15) is 5.11 Å². The Morgan fingerprint density at radius 1 is 1.25 bits per heavy atom. The van der Waals surface area contributed by atoms with Gasteiger partial charge >= 0.3 is 0 Å². The highest BCUT2D eigenvalue weighted by Gasteiger charge is 2.19. The molecule has 0 aliphatic carbocycles. The minimum absolute atomic E-state index is 0.180. The van der Waals surface area contributed by atoms with E-state index in [0.717, 1.165) is 23.1 Å². The zero-order valence-corrected chi connectivity index (χ0v) is 10.7. The molecule has 1 aromatic rings. The van der Waals surface area contributed by atoms with Crippen LogP contribution in [0.5, 0.6) is 0 Å². The van der Waals surface area contributed by atoms with Crippen LogP contribution in [-0.4, -0.2) is 11.1 Å². The molecule has 0 bridgehead atoms. The van der Waals surface area contributed by atoms with Crippen LogP contribution in [-0.2, 0) is 0 Å². The summed E-state index contributed by atoms with van der Waals surface area (Å²) in [6.45, 7) is 8.29. The van der Waals surface area contributed by atoms with E-state index < -0.39 is 6.10 Å². The number of aliphatic hydroxyl groups is 1. The maximum atomic E-state index is 10.2. The topological polar surface area (TPSA) is 46.2 Å². The maximum absolute atomic E-state index is 10.2. The second kappa shape index (κ2) is 5.46. The summed E-state index contributed by atoms with van der Waals surface area (Å²) in [7, 11) is 0. The Balaban J connectivity index is 2.86. The molecule has 0 saturated heterocycles. The molecular formula is C14H23NO. The largest absolute Gasteiger partial charge is 0.387 e. The molecule has 90 valence electrons. The van der Waals surface area contributed by atoms with Crippen molar-refractivity contribution in [3.63, 3.8) is 0 Å². The minimum Gasteiger partial charge on any atom is -0.387 e. The van der Waals surface area contributed by atoms with Crippen LogP contribution in [0.3, 0.4) is 0 Å². The molecule has 1 aromatic carbocycles. The molecule has 0 saturated carbocycles. The number of aryl methyl sites for hydroxylation is 2. The predicted molar refractivity (Wildman–Crippen MR) is 68.3 cm³/mol. The van der Waals surface area contributed by atoms with E-state index >= 15 is 0 Å². The number of benzene rings is 1. The summed E-state index contributed by atoms with van der Waals surface area (Å²) >= 11 is 0. The Hall–Kier alpha value is -0.860. The molecule has 16 heavy (non-hydrogen) atoms. The average molecular weight is 221 g/mol.